The zero-order chi connectivity index (χ0) is 19.6. The number of aryl methyl sites for hydroxylation is 1. The van der Waals surface area contributed by atoms with Gasteiger partial charge in [0.15, 0.2) is 17.3 Å². The molecule has 142 valence electrons. The van der Waals surface area contributed by atoms with Gasteiger partial charge in [0.1, 0.15) is 11.3 Å². The van der Waals surface area contributed by atoms with E-state index in [4.69, 9.17) is 18.6 Å². The number of ether oxygens (including phenoxy) is 3. The van der Waals surface area contributed by atoms with E-state index < -0.39 is 0 Å². The van der Waals surface area contributed by atoms with Crippen molar-refractivity contribution < 1.29 is 23.4 Å². The normalized spacial score (nSPS) is 10.7. The number of hydrogen-bond acceptors (Lipinski definition) is 5. The fourth-order valence-corrected chi connectivity index (χ4v) is 3.26. The minimum atomic E-state index is -0.295. The molecule has 0 spiro atoms. The highest BCUT2D eigenvalue weighted by Gasteiger charge is 2.19. The van der Waals surface area contributed by atoms with Gasteiger partial charge >= 0.3 is 0 Å². The molecule has 0 saturated heterocycles. The van der Waals surface area contributed by atoms with Crippen LogP contribution in [0.5, 0.6) is 17.2 Å². The highest BCUT2D eigenvalue weighted by molar-refractivity contribution is 9.10. The Morgan fingerprint density at radius 1 is 1.04 bits per heavy atom. The van der Waals surface area contributed by atoms with Crippen LogP contribution in [0.25, 0.3) is 11.0 Å². The molecule has 1 heterocycles. The number of rotatable bonds is 6. The van der Waals surface area contributed by atoms with Crippen molar-refractivity contribution in [1.82, 2.24) is 5.32 Å². The average Bonchev–Trinajstić information content (AvgIpc) is 3.01. The van der Waals surface area contributed by atoms with Gasteiger partial charge in [-0.1, -0.05) is 15.9 Å². The van der Waals surface area contributed by atoms with Gasteiger partial charge in [-0.15, -0.1) is 0 Å². The van der Waals surface area contributed by atoms with Gasteiger partial charge in [-0.3, -0.25) is 4.79 Å². The molecule has 7 heteroatoms. The van der Waals surface area contributed by atoms with Crippen molar-refractivity contribution in [2.75, 3.05) is 21.3 Å². The first-order valence-electron chi connectivity index (χ1n) is 8.24. The first kappa shape index (κ1) is 19.1. The van der Waals surface area contributed by atoms with Crippen LogP contribution < -0.4 is 19.5 Å². The largest absolute Gasteiger partial charge is 0.496 e. The van der Waals surface area contributed by atoms with Crippen LogP contribution in [-0.2, 0) is 6.54 Å². The molecule has 1 aromatic heterocycles. The lowest BCUT2D eigenvalue weighted by molar-refractivity contribution is 0.0924. The van der Waals surface area contributed by atoms with Gasteiger partial charge in [0.05, 0.1) is 21.3 Å². The van der Waals surface area contributed by atoms with Crippen LogP contribution in [-0.4, -0.2) is 27.2 Å². The maximum atomic E-state index is 12.7. The lowest BCUT2D eigenvalue weighted by atomic mass is 10.1. The molecule has 0 aliphatic rings. The standard InChI is InChI=1S/C20H20BrNO5/c1-11-14-8-13(21)5-6-15(14)27-19(11)20(23)22-10-12-7-17(25-3)18(26-4)9-16(12)24-2/h5-9H,10H2,1-4H3,(H,22,23). The Bertz CT molecular complexity index is 996. The van der Waals surface area contributed by atoms with E-state index in [-0.39, 0.29) is 12.5 Å². The van der Waals surface area contributed by atoms with Crippen LogP contribution in [0.1, 0.15) is 21.7 Å². The molecule has 3 rings (SSSR count). The van der Waals surface area contributed by atoms with E-state index in [0.717, 1.165) is 21.0 Å². The predicted molar refractivity (Wildman–Crippen MR) is 106 cm³/mol. The minimum Gasteiger partial charge on any atom is -0.496 e. The summed E-state index contributed by atoms with van der Waals surface area (Å²) in [6.45, 7) is 2.12. The molecule has 0 aliphatic heterocycles. The second-order valence-electron chi connectivity index (χ2n) is 5.90. The molecule has 3 aromatic rings. The number of nitrogens with one attached hydrogen (secondary N) is 1. The van der Waals surface area contributed by atoms with Gasteiger partial charge in [0, 0.05) is 33.6 Å². The van der Waals surface area contributed by atoms with Gasteiger partial charge in [0.2, 0.25) is 0 Å². The number of benzene rings is 2. The highest BCUT2D eigenvalue weighted by atomic mass is 79.9. The number of furan rings is 1. The van der Waals surface area contributed by atoms with Crippen LogP contribution in [0.2, 0.25) is 0 Å². The van der Waals surface area contributed by atoms with E-state index >= 15 is 0 Å². The molecule has 0 fully saturated rings. The smallest absolute Gasteiger partial charge is 0.287 e. The van der Waals surface area contributed by atoms with Gasteiger partial charge in [-0.05, 0) is 31.2 Å². The van der Waals surface area contributed by atoms with Gasteiger partial charge in [0.25, 0.3) is 5.91 Å². The maximum Gasteiger partial charge on any atom is 0.287 e. The van der Waals surface area contributed by atoms with Crippen molar-refractivity contribution in [1.29, 1.82) is 0 Å². The molecule has 0 aliphatic carbocycles. The van der Waals surface area contributed by atoms with Crippen molar-refractivity contribution in [2.24, 2.45) is 0 Å². The summed E-state index contributed by atoms with van der Waals surface area (Å²) in [5.74, 6) is 1.72. The number of methoxy groups -OCH3 is 3. The minimum absolute atomic E-state index is 0.253. The van der Waals surface area contributed by atoms with Crippen LogP contribution in [0.15, 0.2) is 39.2 Å². The molecular formula is C20H20BrNO5. The Balaban J connectivity index is 1.85. The van der Waals surface area contributed by atoms with E-state index in [9.17, 15) is 4.79 Å². The zero-order valence-corrected chi connectivity index (χ0v) is 17.1. The monoisotopic (exact) mass is 433 g/mol. The fourth-order valence-electron chi connectivity index (χ4n) is 2.90. The van der Waals surface area contributed by atoms with Crippen LogP contribution in [0, 0.1) is 6.92 Å². The van der Waals surface area contributed by atoms with Crippen LogP contribution >= 0.6 is 15.9 Å². The van der Waals surface area contributed by atoms with Gasteiger partial charge < -0.3 is 23.9 Å². The fraction of sp³-hybridized carbons (Fsp3) is 0.250. The molecule has 1 N–H and O–H groups in total. The Morgan fingerprint density at radius 3 is 2.37 bits per heavy atom. The van der Waals surface area contributed by atoms with Crippen LogP contribution in [0.4, 0.5) is 0 Å². The number of carbonyl (C=O) groups excluding carboxylic acids is 1. The number of hydrogen-bond donors (Lipinski definition) is 1. The first-order chi connectivity index (χ1) is 13.0. The van der Waals surface area contributed by atoms with E-state index in [1.54, 1.807) is 33.5 Å². The Hall–Kier alpha value is -2.67. The van der Waals surface area contributed by atoms with Gasteiger partial charge in [-0.2, -0.15) is 0 Å². The summed E-state index contributed by atoms with van der Waals surface area (Å²) < 4.78 is 22.7. The van der Waals surface area contributed by atoms with E-state index in [1.807, 2.05) is 25.1 Å². The third-order valence-electron chi connectivity index (χ3n) is 4.33. The SMILES string of the molecule is COc1cc(OC)c(OC)cc1CNC(=O)c1oc2ccc(Br)cc2c1C. The Labute approximate surface area is 165 Å². The highest BCUT2D eigenvalue weighted by Crippen LogP contribution is 2.34. The molecule has 1 amide bonds. The molecule has 0 bridgehead atoms. The average molecular weight is 434 g/mol. The Morgan fingerprint density at radius 2 is 1.70 bits per heavy atom. The maximum absolute atomic E-state index is 12.7. The summed E-state index contributed by atoms with van der Waals surface area (Å²) in [6, 6.07) is 9.15. The molecule has 2 aromatic carbocycles. The Kier molecular flexibility index (Phi) is 5.60. The molecule has 0 unspecified atom stereocenters. The summed E-state index contributed by atoms with van der Waals surface area (Å²) >= 11 is 3.44. The quantitative estimate of drug-likeness (QED) is 0.621. The molecule has 0 atom stereocenters. The molecule has 0 saturated carbocycles. The van der Waals surface area contributed by atoms with Crippen molar-refractivity contribution in [3.63, 3.8) is 0 Å². The lowest BCUT2D eigenvalue weighted by Gasteiger charge is -2.14. The van der Waals surface area contributed by atoms with Crippen molar-refractivity contribution in [3.8, 4) is 17.2 Å². The van der Waals surface area contributed by atoms with Crippen molar-refractivity contribution >= 4 is 32.8 Å². The van der Waals surface area contributed by atoms with Crippen LogP contribution in [0.3, 0.4) is 0 Å². The molecule has 27 heavy (non-hydrogen) atoms. The van der Waals surface area contributed by atoms with E-state index in [2.05, 4.69) is 21.2 Å². The summed E-state index contributed by atoms with van der Waals surface area (Å²) in [4.78, 5) is 12.7. The topological polar surface area (TPSA) is 69.9 Å². The summed E-state index contributed by atoms with van der Waals surface area (Å²) in [6.07, 6.45) is 0. The molecule has 0 radical (unpaired) electrons. The second kappa shape index (κ2) is 7.92. The number of amides is 1. The van der Waals surface area contributed by atoms with Crippen molar-refractivity contribution in [2.45, 2.75) is 13.5 Å². The third-order valence-corrected chi connectivity index (χ3v) is 4.82. The number of halogens is 1. The first-order valence-corrected chi connectivity index (χ1v) is 9.03. The summed E-state index contributed by atoms with van der Waals surface area (Å²) in [5.41, 5.74) is 2.23. The summed E-state index contributed by atoms with van der Waals surface area (Å²) in [5, 5.41) is 3.78. The zero-order valence-electron chi connectivity index (χ0n) is 15.5. The molecule has 6 nitrogen and oxygen atoms in total. The third kappa shape index (κ3) is 3.73. The lowest BCUT2D eigenvalue weighted by Crippen LogP contribution is -2.23. The number of fused-ring (bicyclic) bond motifs is 1. The van der Waals surface area contributed by atoms with Gasteiger partial charge in [-0.25, -0.2) is 0 Å². The predicted octanol–water partition coefficient (Wildman–Crippen LogP) is 4.46. The van der Waals surface area contributed by atoms with Crippen molar-refractivity contribution in [3.05, 3.63) is 51.7 Å². The number of carbonyl (C=O) groups is 1. The second-order valence-corrected chi connectivity index (χ2v) is 6.81. The van der Waals surface area contributed by atoms with E-state index in [1.165, 1.54) is 0 Å². The van der Waals surface area contributed by atoms with E-state index in [0.29, 0.717) is 28.6 Å². The molecular weight excluding hydrogens is 414 g/mol. The summed E-state index contributed by atoms with van der Waals surface area (Å²) in [7, 11) is 4.68.